The van der Waals surface area contributed by atoms with Crippen LogP contribution in [0, 0.1) is 0 Å². The van der Waals surface area contributed by atoms with Crippen molar-refractivity contribution in [1.29, 1.82) is 0 Å². The number of pyridine rings is 1. The molecule has 0 aliphatic carbocycles. The maximum absolute atomic E-state index is 6.43. The van der Waals surface area contributed by atoms with Crippen molar-refractivity contribution in [2.24, 2.45) is 0 Å². The highest BCUT2D eigenvalue weighted by Crippen LogP contribution is 2.39. The number of nitrogens with zero attached hydrogens (tertiary/aromatic N) is 3. The Balaban J connectivity index is 1.19. The summed E-state index contributed by atoms with van der Waals surface area (Å²) in [5, 5.41) is 5.20. The van der Waals surface area contributed by atoms with E-state index in [0.717, 1.165) is 94.1 Å². The fourth-order valence-electron chi connectivity index (χ4n) is 6.83. The van der Waals surface area contributed by atoms with Crippen LogP contribution < -0.4 is 0 Å². The number of aromatic nitrogens is 3. The molecular formula is C43H25N3O2. The average Bonchev–Trinajstić information content (AvgIpc) is 3.73. The summed E-state index contributed by atoms with van der Waals surface area (Å²) in [5.74, 6) is 0.625. The topological polar surface area (TPSA) is 65.0 Å². The molecule has 4 aromatic heterocycles. The lowest BCUT2D eigenvalue weighted by Gasteiger charge is -2.11. The Labute approximate surface area is 274 Å². The van der Waals surface area contributed by atoms with Gasteiger partial charge in [-0.25, -0.2) is 15.0 Å². The third-order valence-corrected chi connectivity index (χ3v) is 9.09. The summed E-state index contributed by atoms with van der Waals surface area (Å²) >= 11 is 0. The van der Waals surface area contributed by atoms with Crippen LogP contribution in [0.15, 0.2) is 160 Å². The number of rotatable bonds is 4. The van der Waals surface area contributed by atoms with E-state index in [1.54, 1.807) is 0 Å². The molecule has 0 atom stereocenters. The van der Waals surface area contributed by atoms with Gasteiger partial charge in [0.1, 0.15) is 22.3 Å². The molecule has 0 amide bonds. The molecular weight excluding hydrogens is 590 g/mol. The van der Waals surface area contributed by atoms with Crippen LogP contribution in [0.1, 0.15) is 0 Å². The summed E-state index contributed by atoms with van der Waals surface area (Å²) in [4.78, 5) is 15.6. The molecule has 4 heterocycles. The van der Waals surface area contributed by atoms with Gasteiger partial charge in [0, 0.05) is 49.2 Å². The van der Waals surface area contributed by atoms with E-state index >= 15 is 0 Å². The molecule has 0 saturated carbocycles. The van der Waals surface area contributed by atoms with Crippen LogP contribution in [0.25, 0.3) is 99.9 Å². The molecule has 48 heavy (non-hydrogen) atoms. The molecule has 0 N–H and O–H groups in total. The lowest BCUT2D eigenvalue weighted by Crippen LogP contribution is -1.96. The maximum Gasteiger partial charge on any atom is 0.161 e. The highest BCUT2D eigenvalue weighted by atomic mass is 16.3. The van der Waals surface area contributed by atoms with E-state index in [9.17, 15) is 0 Å². The first-order valence-electron chi connectivity index (χ1n) is 15.9. The van der Waals surface area contributed by atoms with E-state index < -0.39 is 0 Å². The molecule has 224 valence electrons. The zero-order chi connectivity index (χ0) is 31.6. The molecule has 10 aromatic rings. The second-order valence-corrected chi connectivity index (χ2v) is 12.0. The van der Waals surface area contributed by atoms with E-state index in [2.05, 4.69) is 84.9 Å². The second kappa shape index (κ2) is 10.5. The lowest BCUT2D eigenvalue weighted by atomic mass is 10.00. The quantitative estimate of drug-likeness (QED) is 0.197. The maximum atomic E-state index is 6.43. The second-order valence-electron chi connectivity index (χ2n) is 12.0. The summed E-state index contributed by atoms with van der Waals surface area (Å²) in [6, 6.07) is 51.4. The van der Waals surface area contributed by atoms with Crippen LogP contribution in [-0.2, 0) is 0 Å². The molecule has 5 nitrogen and oxygen atoms in total. The highest BCUT2D eigenvalue weighted by molar-refractivity contribution is 6.16. The fraction of sp³-hybridized carbons (Fsp3) is 0. The largest absolute Gasteiger partial charge is 0.455 e. The minimum Gasteiger partial charge on any atom is -0.455 e. The van der Waals surface area contributed by atoms with Crippen LogP contribution in [-0.4, -0.2) is 15.0 Å². The summed E-state index contributed by atoms with van der Waals surface area (Å²) in [6.45, 7) is 0. The molecule has 0 aliphatic heterocycles. The minimum atomic E-state index is 0.625. The number of furan rings is 2. The van der Waals surface area contributed by atoms with Gasteiger partial charge in [-0.1, -0.05) is 115 Å². The van der Waals surface area contributed by atoms with E-state index in [-0.39, 0.29) is 0 Å². The molecule has 0 aliphatic rings. The Morgan fingerprint density at radius 3 is 1.81 bits per heavy atom. The van der Waals surface area contributed by atoms with Gasteiger partial charge in [0.2, 0.25) is 0 Å². The number of hydrogen-bond acceptors (Lipinski definition) is 5. The zero-order valence-electron chi connectivity index (χ0n) is 25.6. The van der Waals surface area contributed by atoms with Crippen LogP contribution >= 0.6 is 0 Å². The predicted octanol–water partition coefficient (Wildman–Crippen LogP) is 11.5. The van der Waals surface area contributed by atoms with Gasteiger partial charge in [0.25, 0.3) is 0 Å². The molecule has 0 saturated heterocycles. The van der Waals surface area contributed by atoms with Crippen LogP contribution in [0.5, 0.6) is 0 Å². The van der Waals surface area contributed by atoms with Crippen LogP contribution in [0.2, 0.25) is 0 Å². The van der Waals surface area contributed by atoms with E-state index in [4.69, 9.17) is 23.8 Å². The van der Waals surface area contributed by atoms with Gasteiger partial charge in [-0.3, -0.25) is 0 Å². The van der Waals surface area contributed by atoms with Gasteiger partial charge >= 0.3 is 0 Å². The van der Waals surface area contributed by atoms with Crippen molar-refractivity contribution in [2.45, 2.75) is 0 Å². The number of fused-ring (bicyclic) bond motifs is 8. The Morgan fingerprint density at radius 1 is 0.375 bits per heavy atom. The van der Waals surface area contributed by atoms with E-state index in [0.29, 0.717) is 5.82 Å². The van der Waals surface area contributed by atoms with Crippen molar-refractivity contribution in [2.75, 3.05) is 0 Å². The highest BCUT2D eigenvalue weighted by Gasteiger charge is 2.19. The summed E-state index contributed by atoms with van der Waals surface area (Å²) in [7, 11) is 0. The standard InChI is InChI=1S/C43H25N3O2/c1-2-12-26(13-3-1)35-25-36(33-21-11-20-31-29-16-6-8-22-37(29)47-41(31)33)45-43(44-35)28-15-10-14-27(24-28)39-30-17-4-5-18-32(30)42-40(46-39)34-19-7-9-23-38(34)48-42/h1-25H. The molecule has 0 radical (unpaired) electrons. The first-order chi connectivity index (χ1) is 23.8. The van der Waals surface area contributed by atoms with Crippen molar-refractivity contribution in [3.05, 3.63) is 152 Å². The first-order valence-corrected chi connectivity index (χ1v) is 15.9. The van der Waals surface area contributed by atoms with E-state index in [1.165, 1.54) is 0 Å². The summed E-state index contributed by atoms with van der Waals surface area (Å²) in [5.41, 5.74) is 10.5. The number of hydrogen-bond donors (Lipinski definition) is 0. The van der Waals surface area contributed by atoms with Crippen molar-refractivity contribution in [1.82, 2.24) is 15.0 Å². The third-order valence-electron chi connectivity index (χ3n) is 9.09. The number of benzene rings is 6. The summed E-state index contributed by atoms with van der Waals surface area (Å²) < 4.78 is 12.7. The molecule has 0 bridgehead atoms. The smallest absolute Gasteiger partial charge is 0.161 e. The van der Waals surface area contributed by atoms with Crippen molar-refractivity contribution in [3.8, 4) is 45.2 Å². The lowest BCUT2D eigenvalue weighted by molar-refractivity contribution is 0.669. The monoisotopic (exact) mass is 615 g/mol. The van der Waals surface area contributed by atoms with E-state index in [1.807, 2.05) is 66.7 Å². The summed E-state index contributed by atoms with van der Waals surface area (Å²) in [6.07, 6.45) is 0. The van der Waals surface area contributed by atoms with Crippen molar-refractivity contribution in [3.63, 3.8) is 0 Å². The molecule has 0 unspecified atom stereocenters. The Hall–Kier alpha value is -6.59. The van der Waals surface area contributed by atoms with Gasteiger partial charge in [-0.15, -0.1) is 0 Å². The Bertz CT molecular complexity index is 2850. The van der Waals surface area contributed by atoms with Crippen LogP contribution in [0.4, 0.5) is 0 Å². The SMILES string of the molecule is c1ccc(-c2cc(-c3cccc4c3oc3ccccc34)nc(-c3cccc(-c4nc5c6ccccc6oc5c5ccccc45)c3)n2)cc1. The number of para-hydroxylation sites is 3. The van der Waals surface area contributed by atoms with Gasteiger partial charge < -0.3 is 8.83 Å². The fourth-order valence-corrected chi connectivity index (χ4v) is 6.83. The molecule has 6 aromatic carbocycles. The Kier molecular flexibility index (Phi) is 5.81. The van der Waals surface area contributed by atoms with Crippen molar-refractivity contribution >= 4 is 54.8 Å². The first kappa shape index (κ1) is 26.6. The predicted molar refractivity (Wildman–Crippen MR) is 194 cm³/mol. The Morgan fingerprint density at radius 2 is 0.958 bits per heavy atom. The van der Waals surface area contributed by atoms with Gasteiger partial charge in [-0.2, -0.15) is 0 Å². The van der Waals surface area contributed by atoms with Gasteiger partial charge in [0.15, 0.2) is 11.4 Å². The van der Waals surface area contributed by atoms with Gasteiger partial charge in [0.05, 0.1) is 17.1 Å². The zero-order valence-corrected chi connectivity index (χ0v) is 25.6. The molecule has 0 fully saturated rings. The molecule has 5 heteroatoms. The third kappa shape index (κ3) is 4.15. The van der Waals surface area contributed by atoms with Crippen LogP contribution in [0.3, 0.4) is 0 Å². The average molecular weight is 616 g/mol. The van der Waals surface area contributed by atoms with Gasteiger partial charge in [-0.05, 0) is 36.4 Å². The minimum absolute atomic E-state index is 0.625. The molecule has 10 rings (SSSR count). The normalized spacial score (nSPS) is 11.8. The van der Waals surface area contributed by atoms with Crippen molar-refractivity contribution < 1.29 is 8.83 Å². The molecule has 0 spiro atoms.